The number of urea groups is 1. The number of sulfonamides is 1. The Hall–Kier alpha value is -8.44. The van der Waals surface area contributed by atoms with E-state index in [0.717, 1.165) is 136 Å². The first kappa shape index (κ1) is 125. The fraction of sp³-hybridized carbons (Fsp3) is 0.789. The molecule has 10 rings (SSSR count). The zero-order valence-electron chi connectivity index (χ0n) is 91.0. The van der Waals surface area contributed by atoms with Crippen molar-refractivity contribution >= 4 is 52.1 Å². The molecule has 0 aromatic heterocycles. The lowest BCUT2D eigenvalue weighted by Crippen LogP contribution is -2.42. The summed E-state index contributed by atoms with van der Waals surface area (Å²) in [5.74, 6) is 52.7. The Bertz CT molecular complexity index is 4120. The predicted octanol–water partition coefficient (Wildman–Crippen LogP) is 12.1. The lowest BCUT2D eigenvalue weighted by atomic mass is 9.96. The molecule has 16 atom stereocenters. The van der Waals surface area contributed by atoms with Crippen LogP contribution in [0.25, 0.3) is 0 Å². The van der Waals surface area contributed by atoms with Crippen molar-refractivity contribution in [2.75, 3.05) is 111 Å². The Morgan fingerprint density at radius 2 is 0.619 bits per heavy atom. The van der Waals surface area contributed by atoms with Crippen molar-refractivity contribution in [2.24, 2.45) is 55.2 Å². The van der Waals surface area contributed by atoms with Crippen LogP contribution < -0.4 is 73.8 Å². The number of likely N-dealkylation sites (tertiary alicyclic amines) is 2. The third-order valence-corrected chi connectivity index (χ3v) is 23.1. The van der Waals surface area contributed by atoms with Crippen molar-refractivity contribution in [2.45, 2.75) is 389 Å². The van der Waals surface area contributed by atoms with Crippen molar-refractivity contribution in [1.82, 2.24) is 83.6 Å². The first-order chi connectivity index (χ1) is 64.6. The summed E-state index contributed by atoms with van der Waals surface area (Å²) in [7, 11) is -3.11. The quantitative estimate of drug-likeness (QED) is 0.0365. The molecule has 10 aliphatic rings. The van der Waals surface area contributed by atoms with E-state index in [0.29, 0.717) is 77.0 Å². The highest BCUT2D eigenvalue weighted by Gasteiger charge is 2.35. The molecule has 10 saturated heterocycles. The van der Waals surface area contributed by atoms with E-state index in [2.05, 4.69) is 335 Å². The Morgan fingerprint density at radius 3 is 0.935 bits per heavy atom. The summed E-state index contributed by atoms with van der Waals surface area (Å²) in [6, 6.07) is 1.89. The summed E-state index contributed by atoms with van der Waals surface area (Å²) in [4.78, 5) is 83.9. The van der Waals surface area contributed by atoms with E-state index in [-0.39, 0.29) is 176 Å². The number of nitrogens with zero attached hydrogens (tertiary/aromatic N) is 2. The molecule has 0 spiro atoms. The Kier molecular flexibility index (Phi) is 55.2. The van der Waals surface area contributed by atoms with Gasteiger partial charge in [-0.15, -0.1) is 0 Å². The SMILES string of the molecule is CC(C)(C)C#CC1C[C@@H](OC(=O)N2CCCC2)CN1.CC(C)(C)C#C[C@@H]1C[C@H](OC(=O)N2CCCC2)CN1.CCC(=O)N[C@@H]1CNC(C#CC(C)(C)C)C1.CCNC(=O)C[C@H]1CN[C@H](C#CC(C)(C)C)C1.CCNC(=O)N[C@@H]1CNC(C#CC(C)(C)C)C1.CCOC(=O)C[C@H]1CNC(C#CC(C)(C)C)C1.CCOC(=O)N[C@@H]1CNC(C#CC(C)(C)C)C1.CCS(=O)(=O)N[C@H]1CN[C@H](C#CC(C)(C)C)C1. The number of nitrogens with one attached hydrogen (secondary N) is 14. The molecule has 10 aliphatic heterocycles. The minimum atomic E-state index is -3.11. The summed E-state index contributed by atoms with van der Waals surface area (Å²) < 4.78 is 46.3. The first-order valence-electron chi connectivity index (χ1n) is 51.3. The van der Waals surface area contributed by atoms with Gasteiger partial charge >= 0.3 is 30.3 Å². The maximum Gasteiger partial charge on any atom is 0.410 e. The average Bonchev–Trinajstić information content (AvgIpc) is 1.73. The number of alkyl carbamates (subject to hydrolysis) is 1. The average molecular weight is 1960 g/mol. The molecule has 139 heavy (non-hydrogen) atoms. The standard InChI is InChI=1S/2C15H24N2O2.C14H24N2O.C14H23NO2.C13H23N3O.C13H22N2O2.C13H22N2O.C12H22N2O2S/c2*1-15(2,3)7-6-12-10-13(11-16-12)19-14(18)17-8-4-5-9-17;1-5-15-13(17)9-11-8-12(16-10-11)6-7-14(2,3)4;1-5-17-13(16)9-11-8-12(15-10-11)6-7-14(2,3)4;1-5-14-12(17)16-11-8-10(15-9-11)6-7-13(2,3)4;1-5-17-12(16)15-11-8-10(14-9-11)6-7-13(2,3)4;1-5-12(16)15-11-8-10(14-9-11)6-7-13(2,3)4;1-5-17(15,16)14-11-8-10(13-9-11)6-7-12(2,3)4/h2*12-13,16H,4-5,8-11H2,1-3H3;11-12,16H,5,8-10H2,1-4H3,(H,15,17);11-12,15H,5,8-10H2,1-4H3;10-11,15H,5,8-9H2,1-4H3,(H2,14,16,17);10-11,14H,5,8-9H2,1-4H3,(H,15,16);10-11,14H,5,8-9H2,1-4H3,(H,15,16);10-11,13-14H,5,8-9H2,1-4H3/t12?,13-;12-,13+;11-,12+;11-,12?;3*10?,11-;10-,11-/m11000001/s1. The zero-order chi connectivity index (χ0) is 105. The number of carbonyl (C=O) groups is 7. The number of carbonyl (C=O) groups excluding carboxylic acids is 7. The molecule has 7 amide bonds. The van der Waals surface area contributed by atoms with E-state index < -0.39 is 10.0 Å². The molecule has 0 saturated carbocycles. The van der Waals surface area contributed by atoms with Crippen molar-refractivity contribution < 1.29 is 60.9 Å². The van der Waals surface area contributed by atoms with Gasteiger partial charge in [-0.3, -0.25) is 25.0 Å². The maximum absolute atomic E-state index is 11.9. The molecule has 0 aromatic carbocycles. The van der Waals surface area contributed by atoms with Gasteiger partial charge < -0.3 is 87.2 Å². The van der Waals surface area contributed by atoms with Gasteiger partial charge in [-0.2, -0.15) is 0 Å². The van der Waals surface area contributed by atoms with Gasteiger partial charge in [-0.1, -0.05) is 102 Å². The maximum atomic E-state index is 11.9. The van der Waals surface area contributed by atoms with E-state index in [1.54, 1.807) is 23.6 Å². The predicted molar refractivity (Wildman–Crippen MR) is 561 cm³/mol. The van der Waals surface area contributed by atoms with Crippen LogP contribution in [0.2, 0.25) is 0 Å². The number of ether oxygens (including phenoxy) is 4. The van der Waals surface area contributed by atoms with Gasteiger partial charge in [-0.25, -0.2) is 32.3 Å². The zero-order valence-corrected chi connectivity index (χ0v) is 91.8. The number of hydrogen-bond acceptors (Lipinski definition) is 21. The van der Waals surface area contributed by atoms with Gasteiger partial charge in [0.15, 0.2) is 0 Å². The molecule has 10 fully saturated rings. The minimum absolute atomic E-state index is 0.0112. The summed E-state index contributed by atoms with van der Waals surface area (Å²) in [6.45, 7) is 73.1. The molecule has 784 valence electrons. The molecule has 30 heteroatoms. The lowest BCUT2D eigenvalue weighted by molar-refractivity contribution is -0.144. The van der Waals surface area contributed by atoms with E-state index >= 15 is 0 Å². The smallest absolute Gasteiger partial charge is 0.410 e. The van der Waals surface area contributed by atoms with Crippen LogP contribution in [0.3, 0.4) is 0 Å². The number of esters is 1. The highest BCUT2D eigenvalue weighted by atomic mass is 32.2. The Labute approximate surface area is 841 Å². The van der Waals surface area contributed by atoms with Crippen LogP contribution in [0.4, 0.5) is 19.2 Å². The molecule has 0 radical (unpaired) electrons. The summed E-state index contributed by atoms with van der Waals surface area (Å²) in [6.07, 6.45) is 12.2. The van der Waals surface area contributed by atoms with Crippen LogP contribution in [0.15, 0.2) is 0 Å². The van der Waals surface area contributed by atoms with Gasteiger partial charge in [-0.05, 0) is 290 Å². The second-order valence-corrected chi connectivity index (χ2v) is 47.7. The molecule has 0 aromatic rings. The molecule has 5 unspecified atom stereocenters. The van der Waals surface area contributed by atoms with E-state index in [1.165, 1.54) is 0 Å². The van der Waals surface area contributed by atoms with Gasteiger partial charge in [0, 0.05) is 178 Å². The normalized spacial score (nSPS) is 25.0. The molecular weight excluding hydrogens is 1770 g/mol. The van der Waals surface area contributed by atoms with E-state index in [1.807, 2.05) is 27.7 Å². The number of hydrogen-bond donors (Lipinski definition) is 14. The topological polar surface area (TPSA) is 365 Å². The number of amides is 7. The van der Waals surface area contributed by atoms with Crippen LogP contribution in [0.1, 0.15) is 304 Å². The summed E-state index contributed by atoms with van der Waals surface area (Å²) in [5, 5.41) is 40.8. The monoisotopic (exact) mass is 1960 g/mol. The molecule has 14 N–H and O–H groups in total. The molecule has 0 aliphatic carbocycles. The van der Waals surface area contributed by atoms with Crippen LogP contribution >= 0.6 is 0 Å². The van der Waals surface area contributed by atoms with Crippen LogP contribution in [-0.2, 0) is 43.4 Å². The Morgan fingerprint density at radius 1 is 0.331 bits per heavy atom. The summed E-state index contributed by atoms with van der Waals surface area (Å²) in [5.41, 5.74) is 0.231. The lowest BCUT2D eigenvalue weighted by Gasteiger charge is -2.18. The van der Waals surface area contributed by atoms with Gasteiger partial charge in [0.25, 0.3) is 0 Å². The van der Waals surface area contributed by atoms with Crippen molar-refractivity contribution in [3.05, 3.63) is 0 Å². The highest BCUT2D eigenvalue weighted by Crippen LogP contribution is 2.25. The van der Waals surface area contributed by atoms with Crippen LogP contribution in [-0.4, -0.2) is 256 Å². The number of rotatable bonds is 17. The highest BCUT2D eigenvalue weighted by molar-refractivity contribution is 7.89. The third kappa shape index (κ3) is 62.6. The molecular formula is C109H184N16O13S. The van der Waals surface area contributed by atoms with Crippen molar-refractivity contribution in [3.63, 3.8) is 0 Å². The van der Waals surface area contributed by atoms with E-state index in [9.17, 15) is 42.0 Å². The Balaban J connectivity index is 0.000000409. The van der Waals surface area contributed by atoms with Gasteiger partial charge in [0.05, 0.1) is 67.3 Å². The fourth-order valence-electron chi connectivity index (χ4n) is 14.8. The van der Waals surface area contributed by atoms with Gasteiger partial charge in [0.2, 0.25) is 21.8 Å². The van der Waals surface area contributed by atoms with Crippen LogP contribution in [0, 0.1) is 150 Å². The minimum Gasteiger partial charge on any atom is -0.466 e. The van der Waals surface area contributed by atoms with E-state index in [4.69, 9.17) is 18.9 Å². The van der Waals surface area contributed by atoms with Gasteiger partial charge in [0.1, 0.15) is 12.2 Å². The molecule has 29 nitrogen and oxygen atoms in total. The third-order valence-electron chi connectivity index (χ3n) is 21.7. The second-order valence-electron chi connectivity index (χ2n) is 45.6. The largest absolute Gasteiger partial charge is 0.466 e. The summed E-state index contributed by atoms with van der Waals surface area (Å²) >= 11 is 0. The second kappa shape index (κ2) is 61.5. The molecule has 10 heterocycles. The first-order valence-corrected chi connectivity index (χ1v) is 53.0. The van der Waals surface area contributed by atoms with Crippen molar-refractivity contribution in [3.8, 4) is 94.7 Å². The van der Waals surface area contributed by atoms with Crippen molar-refractivity contribution in [1.29, 1.82) is 0 Å². The fourth-order valence-corrected chi connectivity index (χ4v) is 15.7. The molecule has 0 bridgehead atoms. The van der Waals surface area contributed by atoms with Crippen LogP contribution in [0.5, 0.6) is 0 Å².